The summed E-state index contributed by atoms with van der Waals surface area (Å²) in [5.74, 6) is -0.0132. The van der Waals surface area contributed by atoms with E-state index >= 15 is 0 Å². The minimum atomic E-state index is -0.577. The average molecular weight is 410 g/mol. The molecule has 0 atom stereocenters. The second-order valence-electron chi connectivity index (χ2n) is 5.67. The lowest BCUT2D eigenvalue weighted by molar-refractivity contribution is -0.402. The third-order valence-corrected chi connectivity index (χ3v) is 5.54. The molecule has 0 saturated carbocycles. The first-order chi connectivity index (χ1) is 13.7. The molecule has 0 fully saturated rings. The summed E-state index contributed by atoms with van der Waals surface area (Å²) in [6, 6.07) is 16.8. The number of nitrogens with zero attached hydrogens (tertiary/aromatic N) is 4. The molecule has 0 aliphatic heterocycles. The van der Waals surface area contributed by atoms with Gasteiger partial charge in [0.05, 0.1) is 29.4 Å². The summed E-state index contributed by atoms with van der Waals surface area (Å²) in [7, 11) is 0. The van der Waals surface area contributed by atoms with Gasteiger partial charge in [0, 0.05) is 5.38 Å². The predicted molar refractivity (Wildman–Crippen MR) is 110 cm³/mol. The maximum atomic E-state index is 10.8. The van der Waals surface area contributed by atoms with Crippen molar-refractivity contribution in [3.8, 4) is 10.6 Å². The molecule has 28 heavy (non-hydrogen) atoms. The van der Waals surface area contributed by atoms with E-state index in [4.69, 9.17) is 4.42 Å². The topological polar surface area (TPSA) is 85.9 Å². The number of hydrogen-bond donors (Lipinski definition) is 0. The van der Waals surface area contributed by atoms with Crippen molar-refractivity contribution in [1.82, 2.24) is 4.68 Å². The van der Waals surface area contributed by atoms with Crippen LogP contribution in [0.25, 0.3) is 10.6 Å². The van der Waals surface area contributed by atoms with Crippen molar-refractivity contribution in [2.24, 2.45) is 10.1 Å². The van der Waals surface area contributed by atoms with E-state index < -0.39 is 4.92 Å². The zero-order chi connectivity index (χ0) is 19.3. The van der Waals surface area contributed by atoms with Crippen molar-refractivity contribution in [2.45, 2.75) is 6.54 Å². The van der Waals surface area contributed by atoms with E-state index in [2.05, 4.69) is 10.1 Å². The Labute approximate surface area is 167 Å². The number of thiophene rings is 1. The van der Waals surface area contributed by atoms with Crippen LogP contribution in [0.15, 0.2) is 79.9 Å². The summed E-state index contributed by atoms with van der Waals surface area (Å²) in [4.78, 5) is 16.7. The maximum absolute atomic E-state index is 10.8. The fourth-order valence-corrected chi connectivity index (χ4v) is 4.11. The highest BCUT2D eigenvalue weighted by atomic mass is 32.1. The highest BCUT2D eigenvalue weighted by Gasteiger charge is 2.12. The molecule has 0 unspecified atom stereocenters. The minimum Gasteiger partial charge on any atom is -0.400 e. The zero-order valence-corrected chi connectivity index (χ0v) is 16.1. The van der Waals surface area contributed by atoms with Crippen molar-refractivity contribution in [3.63, 3.8) is 0 Å². The normalized spacial score (nSPS) is 12.1. The number of aromatic nitrogens is 1. The van der Waals surface area contributed by atoms with Crippen molar-refractivity contribution in [2.75, 3.05) is 0 Å². The van der Waals surface area contributed by atoms with Crippen molar-refractivity contribution >= 4 is 34.8 Å². The van der Waals surface area contributed by atoms with Crippen LogP contribution in [0, 0.1) is 10.1 Å². The van der Waals surface area contributed by atoms with Crippen LogP contribution in [0.1, 0.15) is 11.3 Å². The lowest BCUT2D eigenvalue weighted by atomic mass is 10.2. The smallest absolute Gasteiger partial charge is 0.400 e. The number of furan rings is 1. The van der Waals surface area contributed by atoms with Crippen molar-refractivity contribution < 1.29 is 9.34 Å². The first kappa shape index (κ1) is 18.1. The molecule has 9 heteroatoms. The molecule has 7 nitrogen and oxygen atoms in total. The fraction of sp³-hybridized carbons (Fsp3) is 0.0526. The van der Waals surface area contributed by atoms with Gasteiger partial charge in [-0.1, -0.05) is 36.4 Å². The van der Waals surface area contributed by atoms with Crippen LogP contribution in [-0.2, 0) is 6.54 Å². The molecule has 0 amide bonds. The highest BCUT2D eigenvalue weighted by Crippen LogP contribution is 2.25. The van der Waals surface area contributed by atoms with E-state index in [0.29, 0.717) is 12.3 Å². The zero-order valence-electron chi connectivity index (χ0n) is 14.5. The Balaban J connectivity index is 1.71. The summed E-state index contributed by atoms with van der Waals surface area (Å²) in [6.07, 6.45) is 1.46. The van der Waals surface area contributed by atoms with Crippen molar-refractivity contribution in [3.05, 3.63) is 91.6 Å². The van der Waals surface area contributed by atoms with Crippen LogP contribution in [0.3, 0.4) is 0 Å². The van der Waals surface area contributed by atoms with E-state index in [9.17, 15) is 10.1 Å². The molecule has 4 rings (SSSR count). The second-order valence-corrected chi connectivity index (χ2v) is 7.46. The van der Waals surface area contributed by atoms with E-state index in [1.54, 1.807) is 16.0 Å². The number of nitro groups is 1. The first-order valence-electron chi connectivity index (χ1n) is 8.28. The van der Waals surface area contributed by atoms with Gasteiger partial charge in [0.15, 0.2) is 5.76 Å². The van der Waals surface area contributed by atoms with Gasteiger partial charge in [0.2, 0.25) is 4.80 Å². The van der Waals surface area contributed by atoms with Crippen LogP contribution in [-0.4, -0.2) is 15.8 Å². The van der Waals surface area contributed by atoms with Gasteiger partial charge in [-0.3, -0.25) is 15.1 Å². The lowest BCUT2D eigenvalue weighted by Gasteiger charge is -2.00. The highest BCUT2D eigenvalue weighted by molar-refractivity contribution is 7.14. The van der Waals surface area contributed by atoms with Gasteiger partial charge in [-0.05, 0) is 23.1 Å². The van der Waals surface area contributed by atoms with Crippen LogP contribution in [0.2, 0.25) is 0 Å². The number of thiazole rings is 1. The first-order valence-corrected chi connectivity index (χ1v) is 10.0. The molecule has 3 heterocycles. The molecular formula is C19H14N4O3S2. The Morgan fingerprint density at radius 3 is 2.68 bits per heavy atom. The summed E-state index contributed by atoms with van der Waals surface area (Å²) in [5.41, 5.74) is 2.01. The SMILES string of the molecule is O=[N+]([O-])c1ccc(C=Nn2c(-c3cccs3)csc2=NCc2ccccc2)o1. The predicted octanol–water partition coefficient (Wildman–Crippen LogP) is 4.76. The van der Waals surface area contributed by atoms with Crippen LogP contribution >= 0.6 is 22.7 Å². The summed E-state index contributed by atoms with van der Waals surface area (Å²) < 4.78 is 6.89. The number of rotatable bonds is 6. The van der Waals surface area contributed by atoms with Gasteiger partial charge in [-0.25, -0.2) is 4.68 Å². The van der Waals surface area contributed by atoms with Gasteiger partial charge < -0.3 is 4.42 Å². The van der Waals surface area contributed by atoms with E-state index in [1.807, 2.05) is 53.2 Å². The van der Waals surface area contributed by atoms with Crippen LogP contribution in [0.4, 0.5) is 5.88 Å². The maximum Gasteiger partial charge on any atom is 0.433 e. The largest absolute Gasteiger partial charge is 0.433 e. The molecule has 0 N–H and O–H groups in total. The molecule has 3 aromatic heterocycles. The Hall–Kier alpha value is -3.30. The minimum absolute atomic E-state index is 0.302. The summed E-state index contributed by atoms with van der Waals surface area (Å²) >= 11 is 3.09. The number of hydrogen-bond acceptors (Lipinski definition) is 7. The number of benzene rings is 1. The molecular weight excluding hydrogens is 396 g/mol. The Bertz CT molecular complexity index is 1170. The monoisotopic (exact) mass is 410 g/mol. The van der Waals surface area contributed by atoms with Gasteiger partial charge in [0.25, 0.3) is 0 Å². The van der Waals surface area contributed by atoms with Crippen LogP contribution in [0.5, 0.6) is 0 Å². The van der Waals surface area contributed by atoms with Gasteiger partial charge in [0.1, 0.15) is 4.92 Å². The molecule has 1 aromatic carbocycles. The second kappa shape index (κ2) is 8.15. The summed E-state index contributed by atoms with van der Waals surface area (Å²) in [6.45, 7) is 0.535. The molecule has 0 radical (unpaired) electrons. The Morgan fingerprint density at radius 1 is 1.11 bits per heavy atom. The quantitative estimate of drug-likeness (QED) is 0.261. The van der Waals surface area contributed by atoms with E-state index in [-0.39, 0.29) is 5.88 Å². The Kier molecular flexibility index (Phi) is 5.27. The third-order valence-electron chi connectivity index (χ3n) is 3.79. The third kappa shape index (κ3) is 4.00. The van der Waals surface area contributed by atoms with Gasteiger partial charge in [-0.2, -0.15) is 5.10 Å². The lowest BCUT2D eigenvalue weighted by Crippen LogP contribution is -2.12. The van der Waals surface area contributed by atoms with E-state index in [0.717, 1.165) is 20.9 Å². The van der Waals surface area contributed by atoms with Crippen molar-refractivity contribution in [1.29, 1.82) is 0 Å². The molecule has 4 aromatic rings. The van der Waals surface area contributed by atoms with Crippen LogP contribution < -0.4 is 4.80 Å². The molecule has 0 aliphatic carbocycles. The molecule has 0 bridgehead atoms. The average Bonchev–Trinajstić information content (AvgIpc) is 3.45. The van der Waals surface area contributed by atoms with E-state index in [1.165, 1.54) is 29.7 Å². The Morgan fingerprint density at radius 2 is 1.96 bits per heavy atom. The molecule has 0 aliphatic rings. The van der Waals surface area contributed by atoms with Gasteiger partial charge >= 0.3 is 5.88 Å². The molecule has 0 spiro atoms. The standard InChI is InChI=1S/C19H14N4O3S2/c24-23(25)18-9-8-15(26-18)12-21-22-16(17-7-4-10-27-17)13-28-19(22)20-11-14-5-2-1-3-6-14/h1-10,12-13H,11H2. The summed E-state index contributed by atoms with van der Waals surface area (Å²) in [5, 5.41) is 19.3. The van der Waals surface area contributed by atoms with Gasteiger partial charge in [-0.15, -0.1) is 22.7 Å². The fourth-order valence-electron chi connectivity index (χ4n) is 2.48. The molecule has 140 valence electrons. The molecule has 0 saturated heterocycles.